The van der Waals surface area contributed by atoms with Crippen LogP contribution < -0.4 is 31.9 Å². The molecular weight excluding hydrogens is 1220 g/mol. The topological polar surface area (TPSA) is 328 Å². The maximum Gasteiger partial charge on any atom is 0.306 e. The first-order chi connectivity index (χ1) is 44.6. The Kier molecular flexibility index (Phi) is 36.2. The monoisotopic (exact) mass is 1330 g/mol. The first kappa shape index (κ1) is 78.3. The van der Waals surface area contributed by atoms with E-state index in [0.717, 1.165) is 12.0 Å². The van der Waals surface area contributed by atoms with Crippen LogP contribution in [-0.4, -0.2) is 229 Å². The second-order valence-electron chi connectivity index (χ2n) is 24.7. The number of benzene rings is 1. The molecule has 1 aromatic rings. The lowest BCUT2D eigenvalue weighted by Gasteiger charge is -2.39. The predicted octanol–water partition coefficient (Wildman–Crippen LogP) is 3.95. The van der Waals surface area contributed by atoms with Crippen molar-refractivity contribution in [1.29, 1.82) is 0 Å². The van der Waals surface area contributed by atoms with E-state index in [2.05, 4.69) is 44.9 Å². The van der Waals surface area contributed by atoms with Crippen LogP contribution in [0.3, 0.4) is 0 Å². The molecular formula is C67H106N6O19S. The number of amides is 6. The number of rotatable bonds is 43. The molecule has 25 nitrogen and oxygen atoms in total. The summed E-state index contributed by atoms with van der Waals surface area (Å²) in [6.07, 6.45) is 11.9. The summed E-state index contributed by atoms with van der Waals surface area (Å²) in [6, 6.07) is 4.98. The van der Waals surface area contributed by atoms with Gasteiger partial charge in [0.25, 0.3) is 0 Å². The van der Waals surface area contributed by atoms with Crippen molar-refractivity contribution in [1.82, 2.24) is 26.6 Å². The number of nitrogens with one attached hydrogen (secondary N) is 6. The highest BCUT2D eigenvalue weighted by atomic mass is 32.2. The number of para-hydroxylation sites is 1. The lowest BCUT2D eigenvalue weighted by atomic mass is 9.87. The number of ether oxygens (including phenoxy) is 10. The number of allylic oxidation sites excluding steroid dienone is 2. The summed E-state index contributed by atoms with van der Waals surface area (Å²) in [5, 5.41) is 38.0. The Morgan fingerprint density at radius 3 is 1.99 bits per heavy atom. The number of thioether (sulfide) groups is 1. The number of hydrogen-bond donors (Lipinski definition) is 8. The highest BCUT2D eigenvalue weighted by molar-refractivity contribution is 7.99. The molecule has 1 aliphatic carbocycles. The molecule has 3 heterocycles. The van der Waals surface area contributed by atoms with Gasteiger partial charge in [-0.1, -0.05) is 68.8 Å². The molecule has 1 saturated carbocycles. The zero-order chi connectivity index (χ0) is 67.5. The van der Waals surface area contributed by atoms with Gasteiger partial charge in [-0.05, 0) is 102 Å². The molecule has 4 aliphatic rings. The normalized spacial score (nSPS) is 24.9. The van der Waals surface area contributed by atoms with Crippen molar-refractivity contribution in [2.24, 2.45) is 11.8 Å². The van der Waals surface area contributed by atoms with Crippen LogP contribution in [0, 0.1) is 11.8 Å². The maximum absolute atomic E-state index is 13.4. The Morgan fingerprint density at radius 2 is 1.38 bits per heavy atom. The van der Waals surface area contributed by atoms with Crippen LogP contribution in [0.5, 0.6) is 0 Å². The van der Waals surface area contributed by atoms with Gasteiger partial charge in [0.05, 0.1) is 129 Å². The molecule has 5 rings (SSSR count). The lowest BCUT2D eigenvalue weighted by Crippen LogP contribution is -2.53. The van der Waals surface area contributed by atoms with E-state index >= 15 is 0 Å². The smallest absolute Gasteiger partial charge is 0.306 e. The Bertz CT molecular complexity index is 2540. The van der Waals surface area contributed by atoms with Crippen LogP contribution >= 0.6 is 11.8 Å². The molecule has 0 bridgehead atoms. The van der Waals surface area contributed by atoms with Crippen LogP contribution in [0.25, 0.3) is 0 Å². The Balaban J connectivity index is 0.902. The average molecular weight is 1330 g/mol. The fourth-order valence-corrected chi connectivity index (χ4v) is 11.3. The highest BCUT2D eigenvalue weighted by Gasteiger charge is 2.58. The maximum atomic E-state index is 13.4. The minimum atomic E-state index is -0.964. The molecule has 6 amide bonds. The Hall–Kier alpha value is -5.36. The minimum absolute atomic E-state index is 0.00574. The van der Waals surface area contributed by atoms with E-state index in [1.807, 2.05) is 44.4 Å². The highest BCUT2D eigenvalue weighted by Crippen LogP contribution is 2.43. The molecule has 4 fully saturated rings. The lowest BCUT2D eigenvalue weighted by molar-refractivity contribution is -0.151. The molecule has 0 radical (unpaired) electrons. The van der Waals surface area contributed by atoms with Crippen LogP contribution in [-0.2, 0) is 87.4 Å². The summed E-state index contributed by atoms with van der Waals surface area (Å²) in [5.41, 5.74) is 1.40. The second kappa shape index (κ2) is 42.9. The van der Waals surface area contributed by atoms with Crippen molar-refractivity contribution < 1.29 is 91.1 Å². The minimum Gasteiger partial charge on any atom is -0.462 e. The third-order valence-corrected chi connectivity index (χ3v) is 16.9. The molecule has 26 heteroatoms. The van der Waals surface area contributed by atoms with Gasteiger partial charge in [-0.25, -0.2) is 0 Å². The van der Waals surface area contributed by atoms with Gasteiger partial charge in [-0.15, -0.1) is 0 Å². The molecule has 1 spiro atoms. The van der Waals surface area contributed by atoms with Gasteiger partial charge in [0.15, 0.2) is 0 Å². The van der Waals surface area contributed by atoms with Gasteiger partial charge in [-0.2, -0.15) is 11.8 Å². The third kappa shape index (κ3) is 30.5. The van der Waals surface area contributed by atoms with Crippen LogP contribution in [0.2, 0.25) is 0 Å². The van der Waals surface area contributed by atoms with Crippen molar-refractivity contribution >= 4 is 58.9 Å². The summed E-state index contributed by atoms with van der Waals surface area (Å²) < 4.78 is 57.2. The molecule has 8 N–H and O–H groups in total. The number of aliphatic hydroxyl groups is 2. The molecule has 3 saturated heterocycles. The largest absolute Gasteiger partial charge is 0.462 e. The van der Waals surface area contributed by atoms with Gasteiger partial charge < -0.3 is 89.5 Å². The summed E-state index contributed by atoms with van der Waals surface area (Å²) in [6.45, 7) is 18.0. The van der Waals surface area contributed by atoms with Crippen LogP contribution in [0.15, 0.2) is 60.2 Å². The standard InChI is InChI=1S/C67H106N6O19S/c1-44(2)63(73-59(76)25-27-83-29-31-85-33-35-87-37-38-88-36-34-86-32-30-84-28-26-68-61(78)42-93-8)66(82)69-48(6)65(81)72-54-12-10-9-11-50(54)16-24-62(79)92-52-19-17-51(18-20-52)70-60(77)40-53-41-67(43-89-67)64(80)57(91-53)22-14-45(3)13-21-56-46(4)39-55(49(7)90-56)71-58(75)23-15-47(5)74/h9-15,22-23,44,46-49,51-53,55-57,63-64,74,80H,16-21,24-43H2,1-8H3,(H,68,78)(H,69,82)(H,70,77)(H,71,75)(H,72,81)(H,73,76)/b22-14+,23-15-,45-13+/t46-,47-,48+,49+,51-,52-,53+,55+,56-,57+,63-,64+,67+/m0/s1. The molecule has 0 unspecified atom stereocenters. The van der Waals surface area contributed by atoms with Gasteiger partial charge in [-0.3, -0.25) is 33.6 Å². The molecule has 93 heavy (non-hydrogen) atoms. The Labute approximate surface area is 553 Å². The third-order valence-electron chi connectivity index (χ3n) is 16.4. The number of hydrogen-bond acceptors (Lipinski definition) is 20. The van der Waals surface area contributed by atoms with Crippen molar-refractivity contribution in [2.75, 3.05) is 110 Å². The summed E-state index contributed by atoms with van der Waals surface area (Å²) in [5.74, 6) is -1.86. The van der Waals surface area contributed by atoms with E-state index in [1.165, 1.54) is 23.9 Å². The number of epoxide rings is 1. The number of carbonyl (C=O) groups excluding carboxylic acids is 7. The van der Waals surface area contributed by atoms with E-state index in [9.17, 15) is 43.8 Å². The van der Waals surface area contributed by atoms with Crippen molar-refractivity contribution in [3.05, 3.63) is 65.8 Å². The molecule has 3 aliphatic heterocycles. The zero-order valence-corrected chi connectivity index (χ0v) is 56.6. The summed E-state index contributed by atoms with van der Waals surface area (Å²) >= 11 is 1.47. The van der Waals surface area contributed by atoms with Crippen molar-refractivity contribution in [3.63, 3.8) is 0 Å². The number of anilines is 1. The fraction of sp³-hybridized carbons (Fsp3) is 0.716. The van der Waals surface area contributed by atoms with Gasteiger partial charge in [0.1, 0.15) is 36.0 Å². The SMILES string of the molecule is CSCC(=O)NCCOCCOCCOCCOCCOCCOCCC(=O)N[C@H](C(=O)N[C@H](C)C(=O)Nc1ccccc1CCC(=O)O[C@H]1CC[C@H](NC(=O)C[C@@H]2C[C@@]3(CO3)[C@H](O)[C@@H](/C=C/C(C)=C/C[C@@H]3O[C@H](C)[C@H](NC(=O)/C=C\[C@H](C)O)C[C@@H]3C)O2)CC1)C(C)C. The van der Waals surface area contributed by atoms with Gasteiger partial charge >= 0.3 is 5.97 Å². The van der Waals surface area contributed by atoms with E-state index < -0.39 is 53.9 Å². The average Bonchev–Trinajstić information content (AvgIpc) is 1.60. The zero-order valence-electron chi connectivity index (χ0n) is 55.8. The van der Waals surface area contributed by atoms with Crippen molar-refractivity contribution in [2.45, 2.75) is 192 Å². The first-order valence-electron chi connectivity index (χ1n) is 33.0. The van der Waals surface area contributed by atoms with Crippen LogP contribution in [0.1, 0.15) is 118 Å². The number of aryl methyl sites for hydroxylation is 1. The predicted molar refractivity (Wildman–Crippen MR) is 350 cm³/mol. The number of esters is 1. The van der Waals surface area contributed by atoms with E-state index in [1.54, 1.807) is 39.8 Å². The fourth-order valence-electron chi connectivity index (χ4n) is 11.0. The van der Waals surface area contributed by atoms with Gasteiger partial charge in [0, 0.05) is 43.6 Å². The molecule has 1 aromatic carbocycles. The molecule has 524 valence electrons. The van der Waals surface area contributed by atoms with Crippen LogP contribution in [0.4, 0.5) is 5.69 Å². The molecule has 11 atom stereocenters. The summed E-state index contributed by atoms with van der Waals surface area (Å²) in [7, 11) is 0. The molecule has 0 aromatic heterocycles. The second-order valence-corrected chi connectivity index (χ2v) is 25.5. The Morgan fingerprint density at radius 1 is 0.753 bits per heavy atom. The first-order valence-corrected chi connectivity index (χ1v) is 34.4. The quantitative estimate of drug-likeness (QED) is 0.0151. The number of aliphatic hydroxyl groups excluding tert-OH is 2. The van der Waals surface area contributed by atoms with E-state index in [-0.39, 0.29) is 111 Å². The van der Waals surface area contributed by atoms with E-state index in [0.29, 0.717) is 135 Å². The van der Waals surface area contributed by atoms with Gasteiger partial charge in [0.2, 0.25) is 35.4 Å². The summed E-state index contributed by atoms with van der Waals surface area (Å²) in [4.78, 5) is 90.0. The van der Waals surface area contributed by atoms with Crippen molar-refractivity contribution in [3.8, 4) is 0 Å². The van der Waals surface area contributed by atoms with E-state index in [4.69, 9.17) is 47.4 Å². The number of carbonyl (C=O) groups is 7.